The largest absolute Gasteiger partial charge is 0.352 e. The monoisotopic (exact) mass is 188 g/mol. The van der Waals surface area contributed by atoms with Gasteiger partial charge in [-0.15, -0.1) is 0 Å². The van der Waals surface area contributed by atoms with Crippen LogP contribution >= 0.6 is 0 Å². The van der Waals surface area contributed by atoms with Crippen molar-refractivity contribution < 1.29 is 9.47 Å². The highest BCUT2D eigenvalue weighted by Crippen LogP contribution is 2.25. The van der Waals surface area contributed by atoms with Crippen molar-refractivity contribution in [1.82, 2.24) is 0 Å². The van der Waals surface area contributed by atoms with Gasteiger partial charge in [-0.2, -0.15) is 0 Å². The van der Waals surface area contributed by atoms with Gasteiger partial charge in [0.15, 0.2) is 6.29 Å². The van der Waals surface area contributed by atoms with Crippen LogP contribution in [0.2, 0.25) is 0 Å². The lowest BCUT2D eigenvalue weighted by molar-refractivity contribution is -0.241. The van der Waals surface area contributed by atoms with Gasteiger partial charge in [0.1, 0.15) is 0 Å². The molecule has 1 fully saturated rings. The van der Waals surface area contributed by atoms with E-state index in [2.05, 4.69) is 13.8 Å². The molecule has 0 saturated carbocycles. The molecule has 0 aromatic rings. The van der Waals surface area contributed by atoms with E-state index in [9.17, 15) is 0 Å². The smallest absolute Gasteiger partial charge is 0.159 e. The van der Waals surface area contributed by atoms with E-state index in [1.807, 2.05) is 0 Å². The molecule has 0 atom stereocenters. The molecule has 0 unspecified atom stereocenters. The predicted molar refractivity (Wildman–Crippen MR) is 51.1 cm³/mol. The fraction of sp³-hybridized carbons (Fsp3) is 1.00. The Bertz CT molecular complexity index is 148. The second-order valence-electron chi connectivity index (χ2n) is 4.14. The third kappa shape index (κ3) is 2.40. The Labute approximate surface area is 79.6 Å². The summed E-state index contributed by atoms with van der Waals surface area (Å²) in [4.78, 5) is 0. The SMILES string of the molecule is CC(C)C1OCC(CN)(CN)CO1. The van der Waals surface area contributed by atoms with Crippen LogP contribution in [-0.2, 0) is 9.47 Å². The number of hydrogen-bond acceptors (Lipinski definition) is 4. The molecule has 0 aromatic heterocycles. The molecule has 0 amide bonds. The summed E-state index contributed by atoms with van der Waals surface area (Å²) < 4.78 is 11.1. The maximum atomic E-state index is 5.63. The first kappa shape index (κ1) is 10.9. The summed E-state index contributed by atoms with van der Waals surface area (Å²) in [7, 11) is 0. The Morgan fingerprint density at radius 3 is 2.00 bits per heavy atom. The quantitative estimate of drug-likeness (QED) is 0.650. The highest BCUT2D eigenvalue weighted by molar-refractivity contribution is 4.84. The lowest BCUT2D eigenvalue weighted by atomic mass is 9.89. The van der Waals surface area contributed by atoms with Crippen molar-refractivity contribution >= 4 is 0 Å². The minimum Gasteiger partial charge on any atom is -0.352 e. The molecule has 1 aliphatic rings. The lowest BCUT2D eigenvalue weighted by Crippen LogP contribution is -2.51. The van der Waals surface area contributed by atoms with E-state index in [1.54, 1.807) is 0 Å². The second kappa shape index (κ2) is 4.37. The van der Waals surface area contributed by atoms with Crippen LogP contribution in [0.5, 0.6) is 0 Å². The molecule has 1 aliphatic heterocycles. The summed E-state index contributed by atoms with van der Waals surface area (Å²) in [5.41, 5.74) is 11.1. The third-order valence-corrected chi connectivity index (χ3v) is 2.52. The molecule has 1 rings (SSSR count). The van der Waals surface area contributed by atoms with Gasteiger partial charge in [0.25, 0.3) is 0 Å². The fourth-order valence-corrected chi connectivity index (χ4v) is 1.31. The molecule has 0 aromatic carbocycles. The van der Waals surface area contributed by atoms with E-state index in [0.29, 0.717) is 32.2 Å². The van der Waals surface area contributed by atoms with Gasteiger partial charge in [0.05, 0.1) is 13.2 Å². The van der Waals surface area contributed by atoms with Gasteiger partial charge in [-0.1, -0.05) is 13.8 Å². The van der Waals surface area contributed by atoms with E-state index in [0.717, 1.165) is 0 Å². The first-order chi connectivity index (χ1) is 6.13. The Hall–Kier alpha value is -0.160. The fourth-order valence-electron chi connectivity index (χ4n) is 1.31. The van der Waals surface area contributed by atoms with Crippen molar-refractivity contribution in [3.63, 3.8) is 0 Å². The van der Waals surface area contributed by atoms with Crippen molar-refractivity contribution in [2.45, 2.75) is 20.1 Å². The molecule has 13 heavy (non-hydrogen) atoms. The third-order valence-electron chi connectivity index (χ3n) is 2.52. The average Bonchev–Trinajstić information content (AvgIpc) is 2.18. The first-order valence-corrected chi connectivity index (χ1v) is 4.77. The summed E-state index contributed by atoms with van der Waals surface area (Å²) in [6.07, 6.45) is -0.0915. The zero-order chi connectivity index (χ0) is 9.90. The van der Waals surface area contributed by atoms with Gasteiger partial charge in [0, 0.05) is 24.4 Å². The van der Waals surface area contributed by atoms with Crippen molar-refractivity contribution in [3.05, 3.63) is 0 Å². The molecule has 1 heterocycles. The number of rotatable bonds is 3. The van der Waals surface area contributed by atoms with Crippen molar-refractivity contribution in [1.29, 1.82) is 0 Å². The Morgan fingerprint density at radius 2 is 1.69 bits per heavy atom. The first-order valence-electron chi connectivity index (χ1n) is 4.77. The molecule has 0 spiro atoms. The highest BCUT2D eigenvalue weighted by atomic mass is 16.7. The summed E-state index contributed by atoms with van der Waals surface area (Å²) in [5, 5.41) is 0. The van der Waals surface area contributed by atoms with Crippen LogP contribution in [0, 0.1) is 11.3 Å². The molecule has 4 nitrogen and oxygen atoms in total. The van der Waals surface area contributed by atoms with Crippen LogP contribution in [0.25, 0.3) is 0 Å². The number of ether oxygens (including phenoxy) is 2. The van der Waals surface area contributed by atoms with Gasteiger partial charge in [-0.3, -0.25) is 0 Å². The molecule has 0 aliphatic carbocycles. The Morgan fingerprint density at radius 1 is 1.23 bits per heavy atom. The number of nitrogens with two attached hydrogens (primary N) is 2. The topological polar surface area (TPSA) is 70.5 Å². The summed E-state index contributed by atoms with van der Waals surface area (Å²) in [6, 6.07) is 0. The lowest BCUT2D eigenvalue weighted by Gasteiger charge is -2.39. The van der Waals surface area contributed by atoms with Gasteiger partial charge < -0.3 is 20.9 Å². The van der Waals surface area contributed by atoms with Crippen molar-refractivity contribution in [2.75, 3.05) is 26.3 Å². The summed E-state index contributed by atoms with van der Waals surface area (Å²) >= 11 is 0. The average molecular weight is 188 g/mol. The van der Waals surface area contributed by atoms with Gasteiger partial charge in [-0.05, 0) is 0 Å². The zero-order valence-electron chi connectivity index (χ0n) is 8.45. The van der Waals surface area contributed by atoms with Crippen molar-refractivity contribution in [3.8, 4) is 0 Å². The van der Waals surface area contributed by atoms with E-state index in [1.165, 1.54) is 0 Å². The molecular formula is C9H20N2O2. The van der Waals surface area contributed by atoms with Crippen LogP contribution < -0.4 is 11.5 Å². The van der Waals surface area contributed by atoms with Gasteiger partial charge in [-0.25, -0.2) is 0 Å². The number of hydrogen-bond donors (Lipinski definition) is 2. The van der Waals surface area contributed by atoms with Crippen molar-refractivity contribution in [2.24, 2.45) is 22.8 Å². The van der Waals surface area contributed by atoms with E-state index in [4.69, 9.17) is 20.9 Å². The zero-order valence-corrected chi connectivity index (χ0v) is 8.45. The summed E-state index contributed by atoms with van der Waals surface area (Å²) in [6.45, 7) is 6.42. The molecule has 0 radical (unpaired) electrons. The van der Waals surface area contributed by atoms with Gasteiger partial charge >= 0.3 is 0 Å². The second-order valence-corrected chi connectivity index (χ2v) is 4.14. The Balaban J connectivity index is 2.45. The minimum absolute atomic E-state index is 0.0915. The maximum Gasteiger partial charge on any atom is 0.159 e. The van der Waals surface area contributed by atoms with Crippen LogP contribution in [0.4, 0.5) is 0 Å². The minimum atomic E-state index is -0.161. The van der Waals surface area contributed by atoms with Crippen LogP contribution in [0.15, 0.2) is 0 Å². The molecule has 1 saturated heterocycles. The predicted octanol–water partition coefficient (Wildman–Crippen LogP) is -0.0809. The van der Waals surface area contributed by atoms with E-state index < -0.39 is 0 Å². The standard InChI is InChI=1S/C9H20N2O2/c1-7(2)8-12-5-9(3-10,4-11)6-13-8/h7-8H,3-6,10-11H2,1-2H3. The normalized spacial score (nSPS) is 23.8. The maximum absolute atomic E-state index is 5.63. The van der Waals surface area contributed by atoms with Crippen LogP contribution in [-0.4, -0.2) is 32.6 Å². The van der Waals surface area contributed by atoms with Crippen LogP contribution in [0.3, 0.4) is 0 Å². The Kier molecular flexibility index (Phi) is 3.67. The molecule has 4 heteroatoms. The van der Waals surface area contributed by atoms with E-state index in [-0.39, 0.29) is 11.7 Å². The van der Waals surface area contributed by atoms with E-state index >= 15 is 0 Å². The molecular weight excluding hydrogens is 168 g/mol. The molecule has 78 valence electrons. The highest BCUT2D eigenvalue weighted by Gasteiger charge is 2.35. The van der Waals surface area contributed by atoms with Gasteiger partial charge in [0.2, 0.25) is 0 Å². The molecule has 0 bridgehead atoms. The molecule has 4 N–H and O–H groups in total. The van der Waals surface area contributed by atoms with Crippen LogP contribution in [0.1, 0.15) is 13.8 Å². The summed E-state index contributed by atoms with van der Waals surface area (Å²) in [5.74, 6) is 0.383.